The maximum Gasteiger partial charge on any atom is 0.00489 e. The minimum atomic E-state index is 0.553. The highest BCUT2D eigenvalue weighted by Crippen LogP contribution is 2.11. The third-order valence-electron chi connectivity index (χ3n) is 1.56. The molecular weight excluding hydrogens is 146 g/mol. The van der Waals surface area contributed by atoms with E-state index in [0.29, 0.717) is 5.92 Å². The predicted octanol–water partition coefficient (Wildman–Crippen LogP) is 3.01. The quantitative estimate of drug-likeness (QED) is 0.639. The summed E-state index contributed by atoms with van der Waals surface area (Å²) in [6, 6.07) is 0. The van der Waals surface area contributed by atoms with Gasteiger partial charge in [0.2, 0.25) is 0 Å². The monoisotopic (exact) mass is 165 g/mol. The molecule has 0 aromatic rings. The van der Waals surface area contributed by atoms with E-state index < -0.39 is 0 Å². The molecule has 2 N–H and O–H groups in total. The first-order chi connectivity index (χ1) is 5.57. The maximum atomic E-state index is 5.53. The third-order valence-corrected chi connectivity index (χ3v) is 1.56. The Morgan fingerprint density at radius 2 is 1.83 bits per heavy atom. The summed E-state index contributed by atoms with van der Waals surface area (Å²) in [5, 5.41) is 0. The fourth-order valence-corrected chi connectivity index (χ4v) is 0.861. The molecule has 0 aliphatic rings. The van der Waals surface area contributed by atoms with Gasteiger partial charge in [-0.05, 0) is 31.4 Å². The molecule has 0 radical (unpaired) electrons. The SMILES string of the molecule is C\C=C/C(=C\C=C(/C)N)C(C)C. The topological polar surface area (TPSA) is 26.0 Å². The van der Waals surface area contributed by atoms with Gasteiger partial charge in [-0.25, -0.2) is 0 Å². The smallest absolute Gasteiger partial charge is 0.00489 e. The lowest BCUT2D eigenvalue weighted by molar-refractivity contribution is 0.791. The van der Waals surface area contributed by atoms with Crippen molar-refractivity contribution >= 4 is 0 Å². The summed E-state index contributed by atoms with van der Waals surface area (Å²) in [6.45, 7) is 8.26. The zero-order chi connectivity index (χ0) is 9.56. The number of hydrogen-bond acceptors (Lipinski definition) is 1. The van der Waals surface area contributed by atoms with Crippen LogP contribution in [0.2, 0.25) is 0 Å². The molecule has 0 saturated heterocycles. The molecule has 1 heteroatoms. The van der Waals surface area contributed by atoms with Crippen LogP contribution in [0.1, 0.15) is 27.7 Å². The molecule has 0 amide bonds. The molecule has 0 atom stereocenters. The minimum Gasteiger partial charge on any atom is -0.402 e. The number of allylic oxidation sites excluding steroid dienone is 6. The standard InChI is InChI=1S/C11H19N/c1-5-6-11(9(2)3)8-7-10(4)12/h5-9H,12H2,1-4H3/b6-5-,10-7+,11-8+. The zero-order valence-electron chi connectivity index (χ0n) is 8.46. The summed E-state index contributed by atoms with van der Waals surface area (Å²) in [4.78, 5) is 0. The molecule has 0 heterocycles. The van der Waals surface area contributed by atoms with Gasteiger partial charge in [-0.15, -0.1) is 0 Å². The van der Waals surface area contributed by atoms with Crippen molar-refractivity contribution in [3.8, 4) is 0 Å². The highest BCUT2D eigenvalue weighted by atomic mass is 14.5. The summed E-state index contributed by atoms with van der Waals surface area (Å²) in [7, 11) is 0. The molecule has 0 aromatic carbocycles. The van der Waals surface area contributed by atoms with Crippen molar-refractivity contribution in [1.29, 1.82) is 0 Å². The Kier molecular flexibility index (Phi) is 5.18. The fraction of sp³-hybridized carbons (Fsp3) is 0.455. The first-order valence-corrected chi connectivity index (χ1v) is 4.34. The van der Waals surface area contributed by atoms with Crippen molar-refractivity contribution < 1.29 is 0 Å². The Hall–Kier alpha value is -0.980. The van der Waals surface area contributed by atoms with E-state index in [-0.39, 0.29) is 0 Å². The average molecular weight is 165 g/mol. The first-order valence-electron chi connectivity index (χ1n) is 4.34. The molecule has 1 nitrogen and oxygen atoms in total. The van der Waals surface area contributed by atoms with Crippen LogP contribution < -0.4 is 5.73 Å². The number of hydrogen-bond donors (Lipinski definition) is 1. The minimum absolute atomic E-state index is 0.553. The van der Waals surface area contributed by atoms with Gasteiger partial charge in [0.25, 0.3) is 0 Å². The van der Waals surface area contributed by atoms with Crippen LogP contribution in [0, 0.1) is 5.92 Å². The highest BCUT2D eigenvalue weighted by Gasteiger charge is 1.95. The van der Waals surface area contributed by atoms with E-state index in [0.717, 1.165) is 5.70 Å². The molecule has 0 saturated carbocycles. The normalized spacial score (nSPS) is 14.8. The van der Waals surface area contributed by atoms with Crippen LogP contribution in [-0.4, -0.2) is 0 Å². The molecule has 0 aliphatic heterocycles. The van der Waals surface area contributed by atoms with Crippen LogP contribution in [0.4, 0.5) is 0 Å². The van der Waals surface area contributed by atoms with E-state index in [2.05, 4.69) is 26.0 Å². The summed E-state index contributed by atoms with van der Waals surface area (Å²) < 4.78 is 0. The Morgan fingerprint density at radius 3 is 2.17 bits per heavy atom. The molecule has 0 fully saturated rings. The maximum absolute atomic E-state index is 5.53. The molecule has 0 spiro atoms. The van der Waals surface area contributed by atoms with Crippen LogP contribution in [-0.2, 0) is 0 Å². The van der Waals surface area contributed by atoms with Crippen molar-refractivity contribution in [1.82, 2.24) is 0 Å². The van der Waals surface area contributed by atoms with E-state index in [9.17, 15) is 0 Å². The van der Waals surface area contributed by atoms with Crippen molar-refractivity contribution in [3.63, 3.8) is 0 Å². The molecule has 68 valence electrons. The van der Waals surface area contributed by atoms with E-state index in [1.807, 2.05) is 26.0 Å². The van der Waals surface area contributed by atoms with E-state index in [1.165, 1.54) is 5.57 Å². The van der Waals surface area contributed by atoms with Gasteiger partial charge in [-0.2, -0.15) is 0 Å². The highest BCUT2D eigenvalue weighted by molar-refractivity contribution is 5.26. The Labute approximate surface area is 75.7 Å². The molecule has 12 heavy (non-hydrogen) atoms. The molecular formula is C11H19N. The number of rotatable bonds is 3. The van der Waals surface area contributed by atoms with Crippen molar-refractivity contribution in [2.45, 2.75) is 27.7 Å². The molecule has 0 aliphatic carbocycles. The average Bonchev–Trinajstić information content (AvgIpc) is 1.96. The van der Waals surface area contributed by atoms with Gasteiger partial charge >= 0.3 is 0 Å². The molecule has 0 rings (SSSR count). The van der Waals surface area contributed by atoms with Crippen LogP contribution in [0.15, 0.2) is 35.6 Å². The predicted molar refractivity (Wildman–Crippen MR) is 55.7 cm³/mol. The van der Waals surface area contributed by atoms with E-state index in [1.54, 1.807) is 0 Å². The number of nitrogens with two attached hydrogens (primary N) is 1. The summed E-state index contributed by atoms with van der Waals surface area (Å²) in [6.07, 6.45) is 8.17. The second kappa shape index (κ2) is 5.64. The van der Waals surface area contributed by atoms with Gasteiger partial charge in [0.1, 0.15) is 0 Å². The van der Waals surface area contributed by atoms with Crippen molar-refractivity contribution in [2.24, 2.45) is 11.7 Å². The Balaban J connectivity index is 4.50. The van der Waals surface area contributed by atoms with Crippen LogP contribution >= 0.6 is 0 Å². The van der Waals surface area contributed by atoms with Gasteiger partial charge in [0, 0.05) is 5.70 Å². The van der Waals surface area contributed by atoms with Crippen LogP contribution in [0.5, 0.6) is 0 Å². The second-order valence-corrected chi connectivity index (χ2v) is 3.23. The van der Waals surface area contributed by atoms with E-state index in [4.69, 9.17) is 5.73 Å². The van der Waals surface area contributed by atoms with Crippen molar-refractivity contribution in [2.75, 3.05) is 0 Å². The lowest BCUT2D eigenvalue weighted by Crippen LogP contribution is -1.92. The summed E-state index contributed by atoms with van der Waals surface area (Å²) >= 11 is 0. The first kappa shape index (κ1) is 11.0. The van der Waals surface area contributed by atoms with Gasteiger partial charge < -0.3 is 5.73 Å². The lowest BCUT2D eigenvalue weighted by Gasteiger charge is -2.04. The van der Waals surface area contributed by atoms with Crippen LogP contribution in [0.3, 0.4) is 0 Å². The van der Waals surface area contributed by atoms with Crippen LogP contribution in [0.25, 0.3) is 0 Å². The van der Waals surface area contributed by atoms with Crippen molar-refractivity contribution in [3.05, 3.63) is 35.6 Å². The fourth-order valence-electron chi connectivity index (χ4n) is 0.861. The Morgan fingerprint density at radius 1 is 1.25 bits per heavy atom. The summed E-state index contributed by atoms with van der Waals surface area (Å²) in [5.74, 6) is 0.553. The van der Waals surface area contributed by atoms with E-state index >= 15 is 0 Å². The zero-order valence-corrected chi connectivity index (χ0v) is 8.46. The molecule has 0 unspecified atom stereocenters. The molecule has 0 aromatic heterocycles. The van der Waals surface area contributed by atoms with Gasteiger partial charge in [0.05, 0.1) is 0 Å². The third kappa shape index (κ3) is 4.78. The summed E-state index contributed by atoms with van der Waals surface area (Å²) in [5.41, 5.74) is 7.68. The van der Waals surface area contributed by atoms with Gasteiger partial charge in [-0.1, -0.05) is 32.1 Å². The van der Waals surface area contributed by atoms with Gasteiger partial charge in [0.15, 0.2) is 0 Å². The van der Waals surface area contributed by atoms with Gasteiger partial charge in [-0.3, -0.25) is 0 Å². The largest absolute Gasteiger partial charge is 0.402 e. The lowest BCUT2D eigenvalue weighted by atomic mass is 10.0. The second-order valence-electron chi connectivity index (χ2n) is 3.23. The Bertz CT molecular complexity index is 203. The molecule has 0 bridgehead atoms.